The Labute approximate surface area is 209 Å². The number of Topliss-reactive ketones (excluding diaryl/α,β-unsaturated/α-hetero) is 1. The summed E-state index contributed by atoms with van der Waals surface area (Å²) in [6.07, 6.45) is 3.79. The third kappa shape index (κ3) is 5.95. The Balaban J connectivity index is 1.26. The fraction of sp³-hybridized carbons (Fsp3) is 0.310. The summed E-state index contributed by atoms with van der Waals surface area (Å²) in [5.41, 5.74) is 9.74. The number of aryl methyl sites for hydroxylation is 1. The van der Waals surface area contributed by atoms with Gasteiger partial charge in [-0.3, -0.25) is 13.8 Å². The van der Waals surface area contributed by atoms with Gasteiger partial charge in [0.1, 0.15) is 4.75 Å². The standard InChI is InChI=1S/C29H31NO4S/c30-28(32)29(18-20-34-21-19-29)35(33)26-16-10-22(11-17-26)6-4-5-9-27(31)25-14-12-24(13-15-25)23-7-2-1-3-8-23/h1-3,7-8,10-17H,4-6,9,18-21H2,(H2,30,32). The highest BCUT2D eigenvalue weighted by Gasteiger charge is 2.45. The lowest BCUT2D eigenvalue weighted by atomic mass is 9.98. The van der Waals surface area contributed by atoms with E-state index in [1.54, 1.807) is 0 Å². The molecule has 35 heavy (non-hydrogen) atoms. The van der Waals surface area contributed by atoms with E-state index in [4.69, 9.17) is 10.5 Å². The molecule has 4 rings (SSSR count). The van der Waals surface area contributed by atoms with E-state index < -0.39 is 21.5 Å². The van der Waals surface area contributed by atoms with Crippen molar-refractivity contribution >= 4 is 22.5 Å². The lowest BCUT2D eigenvalue weighted by Gasteiger charge is -2.33. The molecular formula is C29H31NO4S. The van der Waals surface area contributed by atoms with Crippen LogP contribution in [0, 0.1) is 0 Å². The van der Waals surface area contributed by atoms with E-state index in [2.05, 4.69) is 12.1 Å². The maximum absolute atomic E-state index is 13.2. The summed E-state index contributed by atoms with van der Waals surface area (Å²) in [6, 6.07) is 25.5. The number of hydrogen-bond donors (Lipinski definition) is 1. The van der Waals surface area contributed by atoms with E-state index in [0.717, 1.165) is 41.5 Å². The second kappa shape index (κ2) is 11.6. The average molecular weight is 490 g/mol. The molecule has 5 nitrogen and oxygen atoms in total. The zero-order chi connectivity index (χ0) is 24.7. The molecule has 0 saturated carbocycles. The predicted octanol–water partition coefficient (Wildman–Crippen LogP) is 5.09. The molecule has 1 aliphatic heterocycles. The molecule has 0 bridgehead atoms. The first-order valence-electron chi connectivity index (χ1n) is 12.1. The van der Waals surface area contributed by atoms with Gasteiger partial charge in [0.2, 0.25) is 5.91 Å². The molecule has 2 N–H and O–H groups in total. The van der Waals surface area contributed by atoms with E-state index in [0.29, 0.717) is 37.4 Å². The highest BCUT2D eigenvalue weighted by Crippen LogP contribution is 2.32. The van der Waals surface area contributed by atoms with Gasteiger partial charge in [0.25, 0.3) is 0 Å². The van der Waals surface area contributed by atoms with Gasteiger partial charge in [0, 0.05) is 30.1 Å². The van der Waals surface area contributed by atoms with Gasteiger partial charge in [0.05, 0.1) is 10.8 Å². The molecule has 0 aliphatic carbocycles. The smallest absolute Gasteiger partial charge is 0.236 e. The van der Waals surface area contributed by atoms with E-state index >= 15 is 0 Å². The summed E-state index contributed by atoms with van der Waals surface area (Å²) in [4.78, 5) is 25.3. The minimum Gasteiger partial charge on any atom is -0.381 e. The first-order chi connectivity index (χ1) is 17.0. The molecular weight excluding hydrogens is 458 g/mol. The predicted molar refractivity (Wildman–Crippen MR) is 139 cm³/mol. The third-order valence-electron chi connectivity index (χ3n) is 6.68. The lowest BCUT2D eigenvalue weighted by Crippen LogP contribution is -2.51. The largest absolute Gasteiger partial charge is 0.381 e. The third-order valence-corrected chi connectivity index (χ3v) is 8.69. The molecule has 0 radical (unpaired) electrons. The van der Waals surface area contributed by atoms with Crippen LogP contribution in [-0.4, -0.2) is 33.9 Å². The number of hydrogen-bond acceptors (Lipinski definition) is 4. The number of amides is 1. The van der Waals surface area contributed by atoms with Gasteiger partial charge in [-0.05, 0) is 60.9 Å². The van der Waals surface area contributed by atoms with Crippen LogP contribution in [0.25, 0.3) is 11.1 Å². The number of unbranched alkanes of at least 4 members (excludes halogenated alkanes) is 1. The Morgan fingerprint density at radius 3 is 2.09 bits per heavy atom. The average Bonchev–Trinajstić information content (AvgIpc) is 2.92. The molecule has 0 spiro atoms. The van der Waals surface area contributed by atoms with Crippen LogP contribution in [-0.2, 0) is 26.8 Å². The van der Waals surface area contributed by atoms with E-state index in [1.165, 1.54) is 0 Å². The number of carbonyl (C=O) groups is 2. The second-order valence-corrected chi connectivity index (χ2v) is 10.7. The highest BCUT2D eigenvalue weighted by atomic mass is 32.2. The fourth-order valence-corrected chi connectivity index (χ4v) is 6.02. The molecule has 1 amide bonds. The number of benzene rings is 3. The Morgan fingerprint density at radius 2 is 1.46 bits per heavy atom. The minimum absolute atomic E-state index is 0.156. The summed E-state index contributed by atoms with van der Waals surface area (Å²) < 4.78 is 17.4. The van der Waals surface area contributed by atoms with Crippen LogP contribution in [0.5, 0.6) is 0 Å². The van der Waals surface area contributed by atoms with Gasteiger partial charge in [-0.2, -0.15) is 0 Å². The Kier molecular flexibility index (Phi) is 8.26. The summed E-state index contributed by atoms with van der Waals surface area (Å²) in [6.45, 7) is 0.783. The van der Waals surface area contributed by atoms with Gasteiger partial charge in [-0.1, -0.05) is 66.7 Å². The van der Waals surface area contributed by atoms with Gasteiger partial charge in [0.15, 0.2) is 5.78 Å². The molecule has 1 aliphatic rings. The van der Waals surface area contributed by atoms with Crippen molar-refractivity contribution in [2.75, 3.05) is 13.2 Å². The molecule has 1 unspecified atom stereocenters. The Bertz CT molecular complexity index is 1170. The van der Waals surface area contributed by atoms with Crippen molar-refractivity contribution < 1.29 is 18.5 Å². The zero-order valence-corrected chi connectivity index (χ0v) is 20.6. The zero-order valence-electron chi connectivity index (χ0n) is 19.8. The van der Waals surface area contributed by atoms with Gasteiger partial charge in [-0.15, -0.1) is 0 Å². The van der Waals surface area contributed by atoms with Crippen LogP contribution in [0.2, 0.25) is 0 Å². The fourth-order valence-electron chi connectivity index (χ4n) is 4.47. The number of ketones is 1. The van der Waals surface area contributed by atoms with Gasteiger partial charge < -0.3 is 10.5 Å². The minimum atomic E-state index is -1.51. The quantitative estimate of drug-likeness (QED) is 0.317. The molecule has 182 valence electrons. The number of nitrogens with two attached hydrogens (primary N) is 1. The highest BCUT2D eigenvalue weighted by molar-refractivity contribution is 7.87. The van der Waals surface area contributed by atoms with Crippen LogP contribution >= 0.6 is 0 Å². The first kappa shape index (κ1) is 25.0. The maximum Gasteiger partial charge on any atom is 0.236 e. The van der Waals surface area contributed by atoms with Crippen molar-refractivity contribution in [1.29, 1.82) is 0 Å². The van der Waals surface area contributed by atoms with Gasteiger partial charge >= 0.3 is 0 Å². The summed E-state index contributed by atoms with van der Waals surface area (Å²) in [5, 5.41) is 0. The van der Waals surface area contributed by atoms with E-state index in [1.807, 2.05) is 66.7 Å². The van der Waals surface area contributed by atoms with E-state index in [-0.39, 0.29) is 5.78 Å². The lowest BCUT2D eigenvalue weighted by molar-refractivity contribution is -0.122. The topological polar surface area (TPSA) is 86.5 Å². The van der Waals surface area contributed by atoms with Crippen LogP contribution in [0.1, 0.15) is 48.0 Å². The Morgan fingerprint density at radius 1 is 0.829 bits per heavy atom. The van der Waals surface area contributed by atoms with E-state index in [9.17, 15) is 13.8 Å². The number of ether oxygens (including phenoxy) is 1. The molecule has 6 heteroatoms. The van der Waals surface area contributed by atoms with Crippen LogP contribution in [0.15, 0.2) is 83.8 Å². The van der Waals surface area contributed by atoms with Crippen LogP contribution in [0.3, 0.4) is 0 Å². The SMILES string of the molecule is NC(=O)C1(S(=O)c2ccc(CCCCC(=O)c3ccc(-c4ccccc4)cc3)cc2)CCOCC1. The first-order valence-corrected chi connectivity index (χ1v) is 13.2. The van der Waals surface area contributed by atoms with Gasteiger partial charge in [-0.25, -0.2) is 0 Å². The maximum atomic E-state index is 13.2. The molecule has 1 saturated heterocycles. The van der Waals surface area contributed by atoms with Crippen molar-refractivity contribution in [1.82, 2.24) is 0 Å². The monoisotopic (exact) mass is 489 g/mol. The molecule has 1 fully saturated rings. The van der Waals surface area contributed by atoms with Crippen molar-refractivity contribution in [2.45, 2.75) is 48.2 Å². The van der Waals surface area contributed by atoms with Crippen molar-refractivity contribution in [2.24, 2.45) is 5.73 Å². The number of primary amides is 1. The van der Waals surface area contributed by atoms with Crippen molar-refractivity contribution in [3.8, 4) is 11.1 Å². The molecule has 3 aromatic carbocycles. The number of carbonyl (C=O) groups excluding carboxylic acids is 2. The van der Waals surface area contributed by atoms with Crippen molar-refractivity contribution in [3.05, 3.63) is 90.0 Å². The second-order valence-electron chi connectivity index (χ2n) is 8.96. The summed E-state index contributed by atoms with van der Waals surface area (Å²) in [7, 11) is -1.51. The Hall–Kier alpha value is -3.09. The van der Waals surface area contributed by atoms with Crippen LogP contribution in [0.4, 0.5) is 0 Å². The van der Waals surface area contributed by atoms with Crippen molar-refractivity contribution in [3.63, 3.8) is 0 Å². The normalized spacial score (nSPS) is 15.9. The van der Waals surface area contributed by atoms with Crippen LogP contribution < -0.4 is 5.73 Å². The molecule has 1 heterocycles. The summed E-state index contributed by atoms with van der Waals surface area (Å²) >= 11 is 0. The summed E-state index contributed by atoms with van der Waals surface area (Å²) in [5.74, 6) is -0.369. The molecule has 0 aromatic heterocycles. The molecule has 3 aromatic rings. The molecule has 1 atom stereocenters. The number of rotatable bonds is 10.